The summed E-state index contributed by atoms with van der Waals surface area (Å²) in [5, 5.41) is 22.6. The Kier molecular flexibility index (Phi) is 5.62. The Balaban J connectivity index is 1.22. The molecule has 0 bridgehead atoms. The van der Waals surface area contributed by atoms with Crippen molar-refractivity contribution in [3.8, 4) is 33.9 Å². The molecule has 9 nitrogen and oxygen atoms in total. The highest BCUT2D eigenvalue weighted by atomic mass is 16.3. The molecule has 1 saturated carbocycles. The zero-order valence-corrected chi connectivity index (χ0v) is 20.7. The van der Waals surface area contributed by atoms with Crippen molar-refractivity contribution in [2.45, 2.75) is 38.3 Å². The molecule has 7 rings (SSSR count). The van der Waals surface area contributed by atoms with Gasteiger partial charge in [0.15, 0.2) is 5.82 Å². The third-order valence-electron chi connectivity index (χ3n) is 7.47. The highest BCUT2D eigenvalue weighted by molar-refractivity contribution is 5.97. The fraction of sp³-hybridized carbons (Fsp3) is 0.241. The van der Waals surface area contributed by atoms with Gasteiger partial charge < -0.3 is 19.8 Å². The minimum atomic E-state index is -0.565. The molecule has 0 spiro atoms. The molecule has 5 aromatic heterocycles. The molecule has 190 valence electrons. The van der Waals surface area contributed by atoms with E-state index < -0.39 is 6.23 Å². The number of aliphatic hydroxyl groups is 1. The number of aliphatic hydroxyl groups excluding tert-OH is 1. The standard InChI is InChI=1S/C29H27N7O2/c37-29(17-4-2-1-3-5-17)32-21-12-20(14-30-15-21)18-6-7-23-22(13-18)26(36-35-23)28-33-24-8-10-31-25(27(24)34-28)19-9-11-38-16-19/h6-17,29,32,37H,1-5H2,(H,33,34)(H,35,36). The van der Waals surface area contributed by atoms with Crippen molar-refractivity contribution in [3.63, 3.8) is 0 Å². The van der Waals surface area contributed by atoms with Crippen LogP contribution in [0.3, 0.4) is 0 Å². The largest absolute Gasteiger partial charge is 0.472 e. The Hall–Kier alpha value is -4.50. The van der Waals surface area contributed by atoms with Crippen LogP contribution in [0.15, 0.2) is 71.9 Å². The Morgan fingerprint density at radius 1 is 0.947 bits per heavy atom. The van der Waals surface area contributed by atoms with E-state index in [1.165, 1.54) is 19.3 Å². The van der Waals surface area contributed by atoms with Gasteiger partial charge in [0.2, 0.25) is 0 Å². The maximum atomic E-state index is 10.7. The van der Waals surface area contributed by atoms with Gasteiger partial charge in [-0.2, -0.15) is 5.10 Å². The molecular weight excluding hydrogens is 478 g/mol. The third kappa shape index (κ3) is 4.10. The van der Waals surface area contributed by atoms with Crippen LogP contribution in [0.25, 0.3) is 55.8 Å². The van der Waals surface area contributed by atoms with E-state index in [9.17, 15) is 5.11 Å². The summed E-state index contributed by atoms with van der Waals surface area (Å²) < 4.78 is 5.25. The molecule has 4 N–H and O–H groups in total. The Morgan fingerprint density at radius 3 is 2.74 bits per heavy atom. The summed E-state index contributed by atoms with van der Waals surface area (Å²) in [7, 11) is 0. The van der Waals surface area contributed by atoms with E-state index in [2.05, 4.69) is 36.5 Å². The number of aromatic nitrogens is 6. The van der Waals surface area contributed by atoms with Crippen LogP contribution < -0.4 is 5.32 Å². The Labute approximate surface area is 218 Å². The lowest BCUT2D eigenvalue weighted by Gasteiger charge is -2.27. The Morgan fingerprint density at radius 2 is 1.87 bits per heavy atom. The zero-order chi connectivity index (χ0) is 25.5. The van der Waals surface area contributed by atoms with Crippen molar-refractivity contribution < 1.29 is 9.52 Å². The summed E-state index contributed by atoms with van der Waals surface area (Å²) in [6, 6.07) is 12.0. The van der Waals surface area contributed by atoms with Gasteiger partial charge in [0.25, 0.3) is 0 Å². The van der Waals surface area contributed by atoms with Crippen LogP contribution >= 0.6 is 0 Å². The second-order valence-electron chi connectivity index (χ2n) is 9.94. The molecule has 1 aliphatic rings. The number of H-pyrrole nitrogens is 2. The third-order valence-corrected chi connectivity index (χ3v) is 7.47. The van der Waals surface area contributed by atoms with Gasteiger partial charge in [-0.3, -0.25) is 15.1 Å². The Bertz CT molecular complexity index is 1710. The fourth-order valence-corrected chi connectivity index (χ4v) is 5.45. The first kappa shape index (κ1) is 22.7. The topological polar surface area (TPSA) is 129 Å². The highest BCUT2D eigenvalue weighted by Gasteiger charge is 2.22. The number of aromatic amines is 2. The van der Waals surface area contributed by atoms with E-state index in [1.807, 2.05) is 36.5 Å². The molecule has 5 heterocycles. The summed E-state index contributed by atoms with van der Waals surface area (Å²) in [5.74, 6) is 0.940. The maximum absolute atomic E-state index is 10.7. The number of rotatable bonds is 6. The lowest BCUT2D eigenvalue weighted by Crippen LogP contribution is -2.30. The second-order valence-corrected chi connectivity index (χ2v) is 9.94. The first-order valence-electron chi connectivity index (χ1n) is 13.0. The number of benzene rings is 1. The molecular formula is C29H27N7O2. The average Bonchev–Trinajstić information content (AvgIpc) is 3.73. The summed E-state index contributed by atoms with van der Waals surface area (Å²) in [6.45, 7) is 0. The molecule has 0 amide bonds. The first-order valence-corrected chi connectivity index (χ1v) is 13.0. The summed E-state index contributed by atoms with van der Waals surface area (Å²) >= 11 is 0. The molecule has 6 aromatic rings. The van der Waals surface area contributed by atoms with Gasteiger partial charge in [-0.25, -0.2) is 4.98 Å². The number of furan rings is 1. The molecule has 0 radical (unpaired) electrons. The number of nitrogens with zero attached hydrogens (tertiary/aromatic N) is 4. The summed E-state index contributed by atoms with van der Waals surface area (Å²) in [5.41, 5.74) is 7.66. The average molecular weight is 506 g/mol. The summed E-state index contributed by atoms with van der Waals surface area (Å²) in [4.78, 5) is 17.2. The lowest BCUT2D eigenvalue weighted by atomic mass is 9.88. The SMILES string of the molecule is OC(Nc1cncc(-c2ccc3[nH]nc(-c4nc5c(-c6ccoc6)nccc5[nH]4)c3c2)c1)C1CCCCC1. The predicted octanol–water partition coefficient (Wildman–Crippen LogP) is 6.13. The highest BCUT2D eigenvalue weighted by Crippen LogP contribution is 2.33. The number of anilines is 1. The molecule has 1 aliphatic carbocycles. The molecule has 1 fully saturated rings. The van der Waals surface area contributed by atoms with E-state index >= 15 is 0 Å². The van der Waals surface area contributed by atoms with E-state index in [-0.39, 0.29) is 5.92 Å². The minimum Gasteiger partial charge on any atom is -0.472 e. The molecule has 0 saturated heterocycles. The lowest BCUT2D eigenvalue weighted by molar-refractivity contribution is 0.109. The van der Waals surface area contributed by atoms with E-state index in [0.29, 0.717) is 5.82 Å². The zero-order valence-electron chi connectivity index (χ0n) is 20.7. The molecule has 1 aromatic carbocycles. The number of hydrogen-bond donors (Lipinski definition) is 4. The van der Waals surface area contributed by atoms with Crippen LogP contribution in [0.5, 0.6) is 0 Å². The fourth-order valence-electron chi connectivity index (χ4n) is 5.45. The van der Waals surface area contributed by atoms with Gasteiger partial charge in [-0.1, -0.05) is 25.3 Å². The number of nitrogens with one attached hydrogen (secondary N) is 3. The molecule has 1 unspecified atom stereocenters. The van der Waals surface area contributed by atoms with E-state index in [4.69, 9.17) is 9.40 Å². The van der Waals surface area contributed by atoms with E-state index in [0.717, 1.165) is 68.5 Å². The van der Waals surface area contributed by atoms with Crippen LogP contribution in [0.1, 0.15) is 32.1 Å². The molecule has 38 heavy (non-hydrogen) atoms. The molecule has 1 atom stereocenters. The predicted molar refractivity (Wildman–Crippen MR) is 146 cm³/mol. The summed E-state index contributed by atoms with van der Waals surface area (Å²) in [6.07, 6.45) is 13.8. The minimum absolute atomic E-state index is 0.283. The number of hydrogen-bond acceptors (Lipinski definition) is 7. The van der Waals surface area contributed by atoms with Crippen molar-refractivity contribution >= 4 is 27.6 Å². The van der Waals surface area contributed by atoms with Crippen molar-refractivity contribution in [1.29, 1.82) is 0 Å². The first-order chi connectivity index (χ1) is 18.7. The van der Waals surface area contributed by atoms with E-state index in [1.54, 1.807) is 24.9 Å². The second kappa shape index (κ2) is 9.42. The van der Waals surface area contributed by atoms with Crippen LogP contribution in [-0.2, 0) is 0 Å². The van der Waals surface area contributed by atoms with Gasteiger partial charge in [0.1, 0.15) is 23.1 Å². The van der Waals surface area contributed by atoms with Gasteiger partial charge in [-0.05, 0) is 48.7 Å². The van der Waals surface area contributed by atoms with Crippen LogP contribution in [0.4, 0.5) is 5.69 Å². The maximum Gasteiger partial charge on any atom is 0.159 e. The van der Waals surface area contributed by atoms with Gasteiger partial charge >= 0.3 is 0 Å². The van der Waals surface area contributed by atoms with Gasteiger partial charge in [-0.15, -0.1) is 0 Å². The van der Waals surface area contributed by atoms with Crippen LogP contribution in [0, 0.1) is 5.92 Å². The van der Waals surface area contributed by atoms with Crippen molar-refractivity contribution in [1.82, 2.24) is 30.1 Å². The number of imidazole rings is 1. The quantitative estimate of drug-likeness (QED) is 0.200. The normalized spacial score (nSPS) is 15.3. The van der Waals surface area contributed by atoms with Crippen LogP contribution in [0.2, 0.25) is 0 Å². The van der Waals surface area contributed by atoms with Gasteiger partial charge in [0, 0.05) is 34.8 Å². The van der Waals surface area contributed by atoms with Gasteiger partial charge in [0.05, 0.1) is 35.4 Å². The molecule has 9 heteroatoms. The number of fused-ring (bicyclic) bond motifs is 2. The van der Waals surface area contributed by atoms with Crippen molar-refractivity contribution in [2.75, 3.05) is 5.32 Å². The van der Waals surface area contributed by atoms with Crippen molar-refractivity contribution in [3.05, 3.63) is 67.5 Å². The monoisotopic (exact) mass is 505 g/mol. The molecule has 0 aliphatic heterocycles. The van der Waals surface area contributed by atoms with Crippen LogP contribution in [-0.4, -0.2) is 41.5 Å². The smallest absolute Gasteiger partial charge is 0.159 e. The number of pyridine rings is 2. The van der Waals surface area contributed by atoms with Crippen molar-refractivity contribution in [2.24, 2.45) is 5.92 Å².